The average molecular weight is 593 g/mol. The topological polar surface area (TPSA) is 169 Å². The van der Waals surface area contributed by atoms with E-state index < -0.39 is 30.6 Å². The van der Waals surface area contributed by atoms with Crippen LogP contribution in [-0.4, -0.2) is 78.1 Å². The van der Waals surface area contributed by atoms with E-state index >= 15 is 0 Å². The molecule has 0 spiro atoms. The molecule has 0 aromatic carbocycles. The third-order valence-electron chi connectivity index (χ3n) is 8.35. The van der Waals surface area contributed by atoms with Gasteiger partial charge in [0.05, 0.1) is 12.9 Å². The number of hydrogen-bond donors (Lipinski definition) is 5. The molecule has 3 rings (SSSR count). The number of nitrogens with two attached hydrogens (primary N) is 1. The number of rotatable bonds is 22. The molecule has 42 heavy (non-hydrogen) atoms. The molecular weight excluding hydrogens is 538 g/mol. The number of aromatic nitrogens is 4. The van der Waals surface area contributed by atoms with Gasteiger partial charge in [-0.15, -0.1) is 0 Å². The summed E-state index contributed by atoms with van der Waals surface area (Å²) in [5.74, 6) is 0.117. The minimum atomic E-state index is -2.20. The fraction of sp³-hybridized carbons (Fsp3) is 0.806. The molecule has 3 heterocycles. The fourth-order valence-electron chi connectivity index (χ4n) is 5.73. The molecule has 11 heteroatoms. The lowest BCUT2D eigenvalue weighted by molar-refractivity contribution is -0.268. The van der Waals surface area contributed by atoms with Crippen LogP contribution in [0.15, 0.2) is 12.7 Å². The van der Waals surface area contributed by atoms with Crippen LogP contribution >= 0.6 is 0 Å². The van der Waals surface area contributed by atoms with Gasteiger partial charge in [0.2, 0.25) is 5.72 Å². The van der Waals surface area contributed by atoms with Crippen molar-refractivity contribution in [2.24, 2.45) is 0 Å². The summed E-state index contributed by atoms with van der Waals surface area (Å²) in [6.07, 6.45) is 19.3. The van der Waals surface area contributed by atoms with E-state index in [1.54, 1.807) is 0 Å². The number of aliphatic hydroxyl groups excluding tert-OH is 3. The van der Waals surface area contributed by atoms with Crippen molar-refractivity contribution in [2.75, 3.05) is 25.6 Å². The summed E-state index contributed by atoms with van der Waals surface area (Å²) in [5, 5.41) is 42.8. The molecule has 0 saturated carbocycles. The fourth-order valence-corrected chi connectivity index (χ4v) is 5.73. The summed E-state index contributed by atoms with van der Waals surface area (Å²) < 4.78 is 12.8. The average Bonchev–Trinajstić information content (AvgIpc) is 3.44. The Bertz CT molecular complexity index is 1010. The minimum Gasteiger partial charge on any atom is -0.394 e. The maximum Gasteiger partial charge on any atom is 0.206 e. The first kappa shape index (κ1) is 34.6. The van der Waals surface area contributed by atoms with Crippen molar-refractivity contribution >= 4 is 17.0 Å². The molecule has 1 saturated heterocycles. The lowest BCUT2D eigenvalue weighted by atomic mass is 9.87. The summed E-state index contributed by atoms with van der Waals surface area (Å²) in [5.41, 5.74) is 4.11. The SMILES string of the molecule is CCCCCCCCCCCCCCCCCCOCC[C]1O[C@H](CO)[C@H](O)[C@H](O)[C@]1(O)n1cnc2c(N)ncnc21. The molecule has 0 aliphatic carbocycles. The zero-order valence-corrected chi connectivity index (χ0v) is 25.5. The van der Waals surface area contributed by atoms with E-state index in [2.05, 4.69) is 21.9 Å². The Hall–Kier alpha value is -1.89. The van der Waals surface area contributed by atoms with Gasteiger partial charge in [0.15, 0.2) is 17.6 Å². The van der Waals surface area contributed by atoms with Crippen LogP contribution in [-0.2, 0) is 15.2 Å². The Kier molecular flexibility index (Phi) is 15.4. The van der Waals surface area contributed by atoms with Gasteiger partial charge in [0.1, 0.15) is 30.2 Å². The van der Waals surface area contributed by atoms with E-state index in [4.69, 9.17) is 15.2 Å². The van der Waals surface area contributed by atoms with Gasteiger partial charge in [-0.3, -0.25) is 4.57 Å². The molecule has 1 aliphatic rings. The van der Waals surface area contributed by atoms with Crippen molar-refractivity contribution in [3.8, 4) is 0 Å². The van der Waals surface area contributed by atoms with Crippen LogP contribution in [0, 0.1) is 6.10 Å². The number of nitrogen functional groups attached to an aromatic ring is 1. The van der Waals surface area contributed by atoms with Crippen LogP contribution in [0.5, 0.6) is 0 Å². The zero-order chi connectivity index (χ0) is 30.2. The van der Waals surface area contributed by atoms with E-state index in [9.17, 15) is 20.4 Å². The summed E-state index contributed by atoms with van der Waals surface area (Å²) in [6.45, 7) is 2.55. The minimum absolute atomic E-state index is 0.0443. The van der Waals surface area contributed by atoms with Crippen LogP contribution in [0.1, 0.15) is 116 Å². The number of imidazole rings is 1. The van der Waals surface area contributed by atoms with Gasteiger partial charge < -0.3 is 35.6 Å². The molecule has 239 valence electrons. The van der Waals surface area contributed by atoms with E-state index in [-0.39, 0.29) is 36.1 Å². The van der Waals surface area contributed by atoms with Gasteiger partial charge in [-0.2, -0.15) is 0 Å². The highest BCUT2D eigenvalue weighted by Gasteiger charge is 2.57. The third-order valence-corrected chi connectivity index (χ3v) is 8.35. The number of ether oxygens (including phenoxy) is 2. The highest BCUT2D eigenvalue weighted by molar-refractivity contribution is 5.81. The van der Waals surface area contributed by atoms with Crippen molar-refractivity contribution in [1.82, 2.24) is 19.5 Å². The van der Waals surface area contributed by atoms with Gasteiger partial charge in [0.25, 0.3) is 0 Å². The molecule has 1 fully saturated rings. The second-order valence-corrected chi connectivity index (χ2v) is 11.6. The molecule has 1 aliphatic heterocycles. The van der Waals surface area contributed by atoms with E-state index in [1.807, 2.05) is 0 Å². The maximum absolute atomic E-state index is 11.7. The van der Waals surface area contributed by atoms with Gasteiger partial charge in [-0.25, -0.2) is 15.0 Å². The number of fused-ring (bicyclic) bond motifs is 1. The van der Waals surface area contributed by atoms with Crippen LogP contribution in [0.25, 0.3) is 11.2 Å². The maximum atomic E-state index is 11.7. The predicted molar refractivity (Wildman–Crippen MR) is 162 cm³/mol. The van der Waals surface area contributed by atoms with Crippen LogP contribution in [0.4, 0.5) is 5.82 Å². The molecule has 0 amide bonds. The first-order valence-electron chi connectivity index (χ1n) is 16.2. The first-order valence-corrected chi connectivity index (χ1v) is 16.2. The molecule has 4 atom stereocenters. The number of nitrogens with zero attached hydrogens (tertiary/aromatic N) is 4. The normalized spacial score (nSPS) is 23.2. The highest BCUT2D eigenvalue weighted by atomic mass is 16.6. The Balaban J connectivity index is 1.31. The Morgan fingerprint density at radius 1 is 0.857 bits per heavy atom. The second-order valence-electron chi connectivity index (χ2n) is 11.6. The van der Waals surface area contributed by atoms with E-state index in [0.717, 1.165) is 12.8 Å². The first-order chi connectivity index (χ1) is 20.4. The summed E-state index contributed by atoms with van der Waals surface area (Å²) in [7, 11) is 0. The number of hydrogen-bond acceptors (Lipinski definition) is 10. The summed E-state index contributed by atoms with van der Waals surface area (Å²) in [6, 6.07) is 0. The quantitative estimate of drug-likeness (QED) is 0.124. The smallest absolute Gasteiger partial charge is 0.206 e. The monoisotopic (exact) mass is 592 g/mol. The molecule has 0 bridgehead atoms. The Labute approximate surface area is 250 Å². The number of aliphatic hydroxyl groups is 4. The van der Waals surface area contributed by atoms with Crippen molar-refractivity contribution in [1.29, 1.82) is 0 Å². The third kappa shape index (κ3) is 9.56. The predicted octanol–water partition coefficient (Wildman–Crippen LogP) is 4.37. The van der Waals surface area contributed by atoms with Gasteiger partial charge in [0, 0.05) is 19.6 Å². The van der Waals surface area contributed by atoms with Gasteiger partial charge in [-0.1, -0.05) is 103 Å². The molecule has 2 aromatic rings. The van der Waals surface area contributed by atoms with Crippen molar-refractivity contribution in [2.45, 2.75) is 140 Å². The van der Waals surface area contributed by atoms with Crippen LogP contribution < -0.4 is 5.73 Å². The number of unbranched alkanes of at least 4 members (excludes halogenated alkanes) is 15. The molecular formula is C31H54N5O6. The van der Waals surface area contributed by atoms with Crippen LogP contribution in [0.2, 0.25) is 0 Å². The standard InChI is InChI=1S/C31H54N5O6/c1-2-3-4-5-6-7-8-9-10-11-12-13-14-15-16-17-19-41-20-18-25-31(40,28(39)27(38)24(21-37)42-25)36-23-35-26-29(32)33-22-34-30(26)36/h22-24,27-28,37-40H,2-21H2,1H3,(H2,32,33,34)/t24-,27+,28+,31+/m1/s1. The largest absolute Gasteiger partial charge is 0.394 e. The molecule has 2 aromatic heterocycles. The number of anilines is 1. The van der Waals surface area contributed by atoms with E-state index in [0.29, 0.717) is 6.61 Å². The van der Waals surface area contributed by atoms with E-state index in [1.165, 1.54) is 107 Å². The highest BCUT2D eigenvalue weighted by Crippen LogP contribution is 2.42. The second kappa shape index (κ2) is 18.7. The summed E-state index contributed by atoms with van der Waals surface area (Å²) >= 11 is 0. The zero-order valence-electron chi connectivity index (χ0n) is 25.5. The lowest BCUT2D eigenvalue weighted by Crippen LogP contribution is -2.64. The van der Waals surface area contributed by atoms with Crippen molar-refractivity contribution in [3.05, 3.63) is 18.8 Å². The summed E-state index contributed by atoms with van der Waals surface area (Å²) in [4.78, 5) is 12.2. The molecule has 6 N–H and O–H groups in total. The van der Waals surface area contributed by atoms with Crippen LogP contribution in [0.3, 0.4) is 0 Å². The molecule has 1 radical (unpaired) electrons. The van der Waals surface area contributed by atoms with Gasteiger partial charge >= 0.3 is 0 Å². The van der Waals surface area contributed by atoms with Crippen molar-refractivity contribution < 1.29 is 29.9 Å². The Morgan fingerprint density at radius 2 is 1.43 bits per heavy atom. The van der Waals surface area contributed by atoms with Gasteiger partial charge in [-0.05, 0) is 6.42 Å². The lowest BCUT2D eigenvalue weighted by Gasteiger charge is -2.47. The molecule has 11 nitrogen and oxygen atoms in total. The Morgan fingerprint density at radius 3 is 2.00 bits per heavy atom. The van der Waals surface area contributed by atoms with Crippen molar-refractivity contribution in [3.63, 3.8) is 0 Å². The molecule has 0 unspecified atom stereocenters.